The van der Waals surface area contributed by atoms with Crippen molar-refractivity contribution in [2.24, 2.45) is 0 Å². The summed E-state index contributed by atoms with van der Waals surface area (Å²) in [4.78, 5) is 10.8. The summed E-state index contributed by atoms with van der Waals surface area (Å²) in [5.41, 5.74) is 0.821. The number of carboxylic acids is 1. The maximum absolute atomic E-state index is 13.2. The summed E-state index contributed by atoms with van der Waals surface area (Å²) in [6.07, 6.45) is 0. The summed E-state index contributed by atoms with van der Waals surface area (Å²) >= 11 is 0. The zero-order valence-corrected chi connectivity index (χ0v) is 8.72. The van der Waals surface area contributed by atoms with Crippen LogP contribution in [0.15, 0.2) is 42.5 Å². The van der Waals surface area contributed by atoms with E-state index in [1.165, 1.54) is 24.3 Å². The molecule has 0 bridgehead atoms. The lowest BCUT2D eigenvalue weighted by Gasteiger charge is -2.06. The Balaban J connectivity index is 2.57. The van der Waals surface area contributed by atoms with Gasteiger partial charge in [-0.2, -0.15) is 0 Å². The van der Waals surface area contributed by atoms with Gasteiger partial charge in [0, 0.05) is 5.56 Å². The molecule has 3 nitrogen and oxygen atoms in total. The fourth-order valence-corrected chi connectivity index (χ4v) is 1.57. The van der Waals surface area contributed by atoms with Gasteiger partial charge in [-0.1, -0.05) is 24.3 Å². The molecule has 17 heavy (non-hydrogen) atoms. The zero-order chi connectivity index (χ0) is 12.4. The number of carbonyl (C=O) groups is 1. The average molecular weight is 232 g/mol. The molecule has 0 atom stereocenters. The Kier molecular flexibility index (Phi) is 2.78. The van der Waals surface area contributed by atoms with Crippen molar-refractivity contribution in [3.05, 3.63) is 53.8 Å². The van der Waals surface area contributed by atoms with Crippen LogP contribution in [-0.2, 0) is 0 Å². The minimum absolute atomic E-state index is 0.0890. The van der Waals surface area contributed by atoms with Gasteiger partial charge in [-0.25, -0.2) is 9.18 Å². The number of carboxylic acid groups (broad SMARTS) is 1. The van der Waals surface area contributed by atoms with Gasteiger partial charge in [0.05, 0.1) is 5.56 Å². The van der Waals surface area contributed by atoms with Crippen LogP contribution >= 0.6 is 0 Å². The molecule has 86 valence electrons. The van der Waals surface area contributed by atoms with Gasteiger partial charge in [0.15, 0.2) is 11.6 Å². The van der Waals surface area contributed by atoms with E-state index in [0.29, 0.717) is 5.56 Å². The molecular formula is C13H9FO3. The molecule has 0 radical (unpaired) electrons. The Morgan fingerprint density at radius 2 is 1.82 bits per heavy atom. The Labute approximate surface area is 96.8 Å². The van der Waals surface area contributed by atoms with Crippen LogP contribution in [0.4, 0.5) is 4.39 Å². The van der Waals surface area contributed by atoms with Gasteiger partial charge < -0.3 is 10.2 Å². The van der Waals surface area contributed by atoms with Gasteiger partial charge in [-0.15, -0.1) is 0 Å². The van der Waals surface area contributed by atoms with Gasteiger partial charge >= 0.3 is 5.97 Å². The summed E-state index contributed by atoms with van der Waals surface area (Å²) in [7, 11) is 0. The van der Waals surface area contributed by atoms with E-state index in [0.717, 1.165) is 6.07 Å². The molecule has 2 rings (SSSR count). The molecule has 0 amide bonds. The first-order valence-corrected chi connectivity index (χ1v) is 4.91. The first-order valence-electron chi connectivity index (χ1n) is 4.91. The van der Waals surface area contributed by atoms with Crippen LogP contribution in [0.1, 0.15) is 10.4 Å². The van der Waals surface area contributed by atoms with E-state index in [-0.39, 0.29) is 11.1 Å². The molecule has 0 aliphatic carbocycles. The monoisotopic (exact) mass is 232 g/mol. The van der Waals surface area contributed by atoms with Gasteiger partial charge in [0.2, 0.25) is 0 Å². The molecule has 2 N–H and O–H groups in total. The first-order chi connectivity index (χ1) is 8.09. The molecule has 0 spiro atoms. The maximum atomic E-state index is 13.2. The van der Waals surface area contributed by atoms with E-state index in [1.54, 1.807) is 12.1 Å². The number of hydrogen-bond acceptors (Lipinski definition) is 2. The van der Waals surface area contributed by atoms with Crippen LogP contribution in [0.3, 0.4) is 0 Å². The van der Waals surface area contributed by atoms with E-state index in [4.69, 9.17) is 5.11 Å². The lowest BCUT2D eigenvalue weighted by atomic mass is 10.0. The number of rotatable bonds is 2. The van der Waals surface area contributed by atoms with Crippen molar-refractivity contribution in [1.29, 1.82) is 0 Å². The second-order valence-corrected chi connectivity index (χ2v) is 3.52. The molecule has 4 heteroatoms. The Bertz CT molecular complexity index is 579. The quantitative estimate of drug-likeness (QED) is 0.836. The van der Waals surface area contributed by atoms with Gasteiger partial charge in [-0.3, -0.25) is 0 Å². The van der Waals surface area contributed by atoms with Crippen LogP contribution in [0.25, 0.3) is 11.1 Å². The highest BCUT2D eigenvalue weighted by Crippen LogP contribution is 2.31. The number of halogens is 1. The van der Waals surface area contributed by atoms with Crippen molar-refractivity contribution in [3.63, 3.8) is 0 Å². The van der Waals surface area contributed by atoms with Gasteiger partial charge in [-0.05, 0) is 23.8 Å². The molecule has 0 saturated carbocycles. The molecule has 0 fully saturated rings. The molecule has 2 aromatic carbocycles. The standard InChI is InChI=1S/C13H9FO3/c14-11-6-2-5-10(12(11)15)8-3-1-4-9(7-8)13(16)17/h1-7,15H,(H,16,17). The number of para-hydroxylation sites is 1. The summed E-state index contributed by atoms with van der Waals surface area (Å²) in [5.74, 6) is -2.28. The predicted octanol–water partition coefficient (Wildman–Crippen LogP) is 2.90. The number of phenols is 1. The number of hydrogen-bond donors (Lipinski definition) is 2. The fraction of sp³-hybridized carbons (Fsp3) is 0. The number of benzene rings is 2. The molecule has 0 unspecified atom stereocenters. The molecular weight excluding hydrogens is 223 g/mol. The van der Waals surface area contributed by atoms with Crippen LogP contribution < -0.4 is 0 Å². The van der Waals surface area contributed by atoms with E-state index in [2.05, 4.69) is 0 Å². The number of aromatic carboxylic acids is 1. The largest absolute Gasteiger partial charge is 0.504 e. The maximum Gasteiger partial charge on any atom is 0.335 e. The minimum atomic E-state index is -1.07. The van der Waals surface area contributed by atoms with Crippen molar-refractivity contribution < 1.29 is 19.4 Å². The highest BCUT2D eigenvalue weighted by Gasteiger charge is 2.10. The van der Waals surface area contributed by atoms with Crippen LogP contribution in [0.2, 0.25) is 0 Å². The van der Waals surface area contributed by atoms with E-state index >= 15 is 0 Å². The lowest BCUT2D eigenvalue weighted by Crippen LogP contribution is -1.95. The fourth-order valence-electron chi connectivity index (χ4n) is 1.57. The smallest absolute Gasteiger partial charge is 0.335 e. The molecule has 0 aliphatic rings. The van der Waals surface area contributed by atoms with Crippen LogP contribution in [0, 0.1) is 5.82 Å². The number of phenolic OH excluding ortho intramolecular Hbond substituents is 1. The third kappa shape index (κ3) is 2.10. The molecule has 0 saturated heterocycles. The second-order valence-electron chi connectivity index (χ2n) is 3.52. The van der Waals surface area contributed by atoms with Gasteiger partial charge in [0.25, 0.3) is 0 Å². The Morgan fingerprint density at radius 3 is 2.53 bits per heavy atom. The van der Waals surface area contributed by atoms with Crippen LogP contribution in [-0.4, -0.2) is 16.2 Å². The van der Waals surface area contributed by atoms with E-state index in [1.807, 2.05) is 0 Å². The van der Waals surface area contributed by atoms with E-state index < -0.39 is 17.5 Å². The summed E-state index contributed by atoms with van der Waals surface area (Å²) < 4.78 is 13.2. The Hall–Kier alpha value is -2.36. The highest BCUT2D eigenvalue weighted by molar-refractivity contribution is 5.89. The lowest BCUT2D eigenvalue weighted by molar-refractivity contribution is 0.0697. The Morgan fingerprint density at radius 1 is 1.12 bits per heavy atom. The normalized spacial score (nSPS) is 10.2. The van der Waals surface area contributed by atoms with Crippen molar-refractivity contribution in [1.82, 2.24) is 0 Å². The highest BCUT2D eigenvalue weighted by atomic mass is 19.1. The average Bonchev–Trinajstić information content (AvgIpc) is 2.33. The summed E-state index contributed by atoms with van der Waals surface area (Å²) in [6, 6.07) is 10.1. The van der Waals surface area contributed by atoms with Crippen LogP contribution in [0.5, 0.6) is 5.75 Å². The third-order valence-corrected chi connectivity index (χ3v) is 2.41. The molecule has 0 heterocycles. The third-order valence-electron chi connectivity index (χ3n) is 2.41. The zero-order valence-electron chi connectivity index (χ0n) is 8.72. The number of aromatic hydroxyl groups is 1. The summed E-state index contributed by atoms with van der Waals surface area (Å²) in [5, 5.41) is 18.4. The van der Waals surface area contributed by atoms with Crippen molar-refractivity contribution >= 4 is 5.97 Å². The molecule has 0 aromatic heterocycles. The van der Waals surface area contributed by atoms with Crippen molar-refractivity contribution in [2.75, 3.05) is 0 Å². The van der Waals surface area contributed by atoms with E-state index in [9.17, 15) is 14.3 Å². The minimum Gasteiger partial charge on any atom is -0.504 e. The second kappa shape index (κ2) is 4.25. The predicted molar refractivity (Wildman–Crippen MR) is 60.5 cm³/mol. The van der Waals surface area contributed by atoms with Crippen molar-refractivity contribution in [2.45, 2.75) is 0 Å². The molecule has 0 aliphatic heterocycles. The van der Waals surface area contributed by atoms with Crippen molar-refractivity contribution in [3.8, 4) is 16.9 Å². The first kappa shape index (κ1) is 11.1. The topological polar surface area (TPSA) is 57.5 Å². The SMILES string of the molecule is O=C(O)c1cccc(-c2cccc(F)c2O)c1. The van der Waals surface area contributed by atoms with Gasteiger partial charge in [0.1, 0.15) is 0 Å². The molecule has 2 aromatic rings. The summed E-state index contributed by atoms with van der Waals surface area (Å²) in [6.45, 7) is 0.